The number of hydrogen-bond donors (Lipinski definition) is 1. The minimum absolute atomic E-state index is 0.337. The molecule has 0 amide bonds. The van der Waals surface area contributed by atoms with Crippen molar-refractivity contribution in [2.45, 2.75) is 0 Å². The molecule has 0 aliphatic rings. The number of rotatable bonds is 2. The molecule has 0 fully saturated rings. The summed E-state index contributed by atoms with van der Waals surface area (Å²) in [4.78, 5) is 0. The Labute approximate surface area is 119 Å². The molecule has 0 spiro atoms. The van der Waals surface area contributed by atoms with Gasteiger partial charge in [-0.05, 0) is 17.7 Å². The number of nitrogens with two attached hydrogens (primary N) is 1. The summed E-state index contributed by atoms with van der Waals surface area (Å²) < 4.78 is 6.17. The van der Waals surface area contributed by atoms with E-state index in [1.165, 1.54) is 0 Å². The van der Waals surface area contributed by atoms with Gasteiger partial charge in [0.25, 0.3) is 0 Å². The highest BCUT2D eigenvalue weighted by Gasteiger charge is 2.16. The van der Waals surface area contributed by atoms with Gasteiger partial charge in [0.05, 0.1) is 5.56 Å². The maximum absolute atomic E-state index is 5.90. The molecule has 0 bridgehead atoms. The molecule has 2 N–H and O–H groups in total. The average Bonchev–Trinajstić information content (AvgIpc) is 2.82. The van der Waals surface area contributed by atoms with E-state index in [2.05, 4.69) is 21.1 Å². The van der Waals surface area contributed by atoms with Gasteiger partial charge >= 0.3 is 0 Å². The smallest absolute Gasteiger partial charge is 0.230 e. The zero-order valence-corrected chi connectivity index (χ0v) is 11.6. The van der Waals surface area contributed by atoms with Crippen LogP contribution in [-0.2, 0) is 0 Å². The van der Waals surface area contributed by atoms with Crippen LogP contribution in [0.4, 0.5) is 5.88 Å². The van der Waals surface area contributed by atoms with Crippen LogP contribution in [0.5, 0.6) is 0 Å². The zero-order valence-electron chi connectivity index (χ0n) is 10.0. The van der Waals surface area contributed by atoms with Gasteiger partial charge in [-0.2, -0.15) is 0 Å². The molecule has 0 aliphatic heterocycles. The van der Waals surface area contributed by atoms with Crippen molar-refractivity contribution < 1.29 is 4.52 Å². The Bertz CT molecular complexity index is 690. The molecule has 19 heavy (non-hydrogen) atoms. The van der Waals surface area contributed by atoms with Crippen molar-refractivity contribution in [3.05, 3.63) is 59.1 Å². The van der Waals surface area contributed by atoms with E-state index >= 15 is 0 Å². The minimum atomic E-state index is 0.337. The summed E-state index contributed by atoms with van der Waals surface area (Å²) in [5.74, 6) is 0.337. The van der Waals surface area contributed by atoms with Gasteiger partial charge in [0.15, 0.2) is 0 Å². The molecule has 94 valence electrons. The third-order valence-corrected chi connectivity index (χ3v) is 3.43. The van der Waals surface area contributed by atoms with Crippen LogP contribution in [0.25, 0.3) is 22.4 Å². The van der Waals surface area contributed by atoms with Gasteiger partial charge in [0.2, 0.25) is 5.88 Å². The Morgan fingerprint density at radius 3 is 2.26 bits per heavy atom. The van der Waals surface area contributed by atoms with E-state index in [0.29, 0.717) is 5.88 Å². The molecular formula is C15H11BrN2O. The lowest BCUT2D eigenvalue weighted by Gasteiger charge is -2.02. The van der Waals surface area contributed by atoms with Crippen molar-refractivity contribution in [2.24, 2.45) is 0 Å². The normalized spacial score (nSPS) is 10.6. The lowest BCUT2D eigenvalue weighted by atomic mass is 10.0. The van der Waals surface area contributed by atoms with Crippen LogP contribution < -0.4 is 5.73 Å². The molecule has 0 saturated heterocycles. The predicted molar refractivity (Wildman–Crippen MR) is 79.5 cm³/mol. The van der Waals surface area contributed by atoms with E-state index in [9.17, 15) is 0 Å². The molecule has 0 radical (unpaired) electrons. The van der Waals surface area contributed by atoms with Crippen molar-refractivity contribution >= 4 is 21.8 Å². The van der Waals surface area contributed by atoms with Crippen molar-refractivity contribution in [2.75, 3.05) is 5.73 Å². The number of benzene rings is 2. The average molecular weight is 315 g/mol. The van der Waals surface area contributed by atoms with Gasteiger partial charge in [-0.1, -0.05) is 63.6 Å². The second kappa shape index (κ2) is 4.90. The number of hydrogen-bond acceptors (Lipinski definition) is 3. The van der Waals surface area contributed by atoms with Gasteiger partial charge in [-0.15, -0.1) is 0 Å². The molecule has 4 heteroatoms. The molecule has 0 saturated carbocycles. The first kappa shape index (κ1) is 12.0. The summed E-state index contributed by atoms with van der Waals surface area (Å²) in [7, 11) is 0. The first-order valence-corrected chi connectivity index (χ1v) is 6.61. The minimum Gasteiger partial charge on any atom is -0.367 e. The Kier molecular flexibility index (Phi) is 3.09. The molecule has 3 rings (SSSR count). The Hall–Kier alpha value is -2.07. The molecule has 0 aliphatic carbocycles. The summed E-state index contributed by atoms with van der Waals surface area (Å²) in [6.45, 7) is 0. The van der Waals surface area contributed by atoms with Crippen molar-refractivity contribution in [1.82, 2.24) is 5.16 Å². The zero-order chi connectivity index (χ0) is 13.2. The predicted octanol–water partition coefficient (Wildman–Crippen LogP) is 4.35. The maximum atomic E-state index is 5.90. The fraction of sp³-hybridized carbons (Fsp3) is 0. The number of halogens is 1. The molecule has 0 unspecified atom stereocenters. The Balaban J connectivity index is 2.16. The fourth-order valence-electron chi connectivity index (χ4n) is 1.99. The van der Waals surface area contributed by atoms with E-state index in [1.807, 2.05) is 54.6 Å². The van der Waals surface area contributed by atoms with Gasteiger partial charge in [-0.25, -0.2) is 0 Å². The highest BCUT2D eigenvalue weighted by Crippen LogP contribution is 2.36. The number of nitrogens with zero attached hydrogens (tertiary/aromatic N) is 1. The summed E-state index contributed by atoms with van der Waals surface area (Å²) >= 11 is 3.42. The van der Waals surface area contributed by atoms with Gasteiger partial charge in [-0.3, -0.25) is 0 Å². The lowest BCUT2D eigenvalue weighted by molar-refractivity contribution is 0.439. The Morgan fingerprint density at radius 1 is 0.895 bits per heavy atom. The van der Waals surface area contributed by atoms with Crippen molar-refractivity contribution in [1.29, 1.82) is 0 Å². The van der Waals surface area contributed by atoms with Gasteiger partial charge in [0, 0.05) is 10.0 Å². The lowest BCUT2D eigenvalue weighted by Crippen LogP contribution is -1.87. The summed E-state index contributed by atoms with van der Waals surface area (Å²) in [6, 6.07) is 17.8. The van der Waals surface area contributed by atoms with E-state index in [0.717, 1.165) is 26.9 Å². The van der Waals surface area contributed by atoms with E-state index in [4.69, 9.17) is 10.3 Å². The molecule has 0 atom stereocenters. The second-order valence-electron chi connectivity index (χ2n) is 4.14. The molecular weight excluding hydrogens is 304 g/mol. The summed E-state index contributed by atoms with van der Waals surface area (Å²) in [5.41, 5.74) is 9.47. The fourth-order valence-corrected chi connectivity index (χ4v) is 2.26. The number of anilines is 1. The van der Waals surface area contributed by atoms with Crippen LogP contribution in [0.2, 0.25) is 0 Å². The SMILES string of the molecule is Nc1onc(-c2ccc(Br)cc2)c1-c1ccccc1. The van der Waals surface area contributed by atoms with Crippen molar-refractivity contribution in [3.63, 3.8) is 0 Å². The van der Waals surface area contributed by atoms with Crippen LogP contribution in [0.15, 0.2) is 63.6 Å². The van der Waals surface area contributed by atoms with Gasteiger partial charge in [0.1, 0.15) is 5.69 Å². The monoisotopic (exact) mass is 314 g/mol. The van der Waals surface area contributed by atoms with Crippen LogP contribution >= 0.6 is 15.9 Å². The van der Waals surface area contributed by atoms with Crippen LogP contribution in [0, 0.1) is 0 Å². The van der Waals surface area contributed by atoms with E-state index in [-0.39, 0.29) is 0 Å². The first-order chi connectivity index (χ1) is 9.25. The highest BCUT2D eigenvalue weighted by molar-refractivity contribution is 9.10. The largest absolute Gasteiger partial charge is 0.367 e. The van der Waals surface area contributed by atoms with E-state index in [1.54, 1.807) is 0 Å². The van der Waals surface area contributed by atoms with Gasteiger partial charge < -0.3 is 10.3 Å². The molecule has 3 nitrogen and oxygen atoms in total. The summed E-state index contributed by atoms with van der Waals surface area (Å²) in [5, 5.41) is 4.08. The second-order valence-corrected chi connectivity index (χ2v) is 5.06. The quantitative estimate of drug-likeness (QED) is 0.765. The highest BCUT2D eigenvalue weighted by atomic mass is 79.9. The number of nitrogen functional groups attached to an aromatic ring is 1. The third kappa shape index (κ3) is 2.27. The van der Waals surface area contributed by atoms with Crippen LogP contribution in [0.1, 0.15) is 0 Å². The van der Waals surface area contributed by atoms with E-state index < -0.39 is 0 Å². The molecule has 3 aromatic rings. The first-order valence-electron chi connectivity index (χ1n) is 5.82. The topological polar surface area (TPSA) is 52.0 Å². The van der Waals surface area contributed by atoms with Crippen LogP contribution in [0.3, 0.4) is 0 Å². The number of aromatic nitrogens is 1. The molecule has 1 heterocycles. The maximum Gasteiger partial charge on any atom is 0.230 e. The van der Waals surface area contributed by atoms with Crippen LogP contribution in [-0.4, -0.2) is 5.16 Å². The third-order valence-electron chi connectivity index (χ3n) is 2.90. The standard InChI is InChI=1S/C15H11BrN2O/c16-12-8-6-11(7-9-12)14-13(15(17)19-18-14)10-4-2-1-3-5-10/h1-9H,17H2. The van der Waals surface area contributed by atoms with Crippen molar-refractivity contribution in [3.8, 4) is 22.4 Å². The molecule has 2 aromatic carbocycles. The Morgan fingerprint density at radius 2 is 1.58 bits per heavy atom. The summed E-state index contributed by atoms with van der Waals surface area (Å²) in [6.07, 6.45) is 0. The molecule has 1 aromatic heterocycles.